The molecule has 0 unspecified atom stereocenters. The highest BCUT2D eigenvalue weighted by Crippen LogP contribution is 2.58. The number of carbonyl (C=O) groups is 2. The van der Waals surface area contributed by atoms with Gasteiger partial charge in [0.05, 0.1) is 39.8 Å². The van der Waals surface area contributed by atoms with Gasteiger partial charge in [-0.25, -0.2) is 4.90 Å². The van der Waals surface area contributed by atoms with Gasteiger partial charge in [-0.3, -0.25) is 9.59 Å². The Kier molecular flexibility index (Phi) is 7.94. The third-order valence-corrected chi connectivity index (χ3v) is 13.2. The molecule has 0 bridgehead atoms. The molecule has 2 amide bonds. The van der Waals surface area contributed by atoms with Crippen LogP contribution in [0.25, 0.3) is 10.8 Å². The van der Waals surface area contributed by atoms with Crippen LogP contribution in [0, 0.1) is 0 Å². The van der Waals surface area contributed by atoms with Gasteiger partial charge in [0.1, 0.15) is 0 Å². The first-order valence-corrected chi connectivity index (χ1v) is 20.4. The Balaban J connectivity index is 1.31. The molecule has 3 aliphatic rings. The van der Waals surface area contributed by atoms with E-state index in [1.807, 2.05) is 18.2 Å². The van der Waals surface area contributed by atoms with Crippen LogP contribution in [0.1, 0.15) is 71.4 Å². The lowest BCUT2D eigenvalue weighted by Crippen LogP contribution is -2.42. The summed E-state index contributed by atoms with van der Waals surface area (Å²) in [6, 6.07) is 48.1. The fraction of sp³-hybridized carbons (Fsp3) is 0.125. The highest BCUT2D eigenvalue weighted by Gasteiger charge is 2.40. The maximum absolute atomic E-state index is 15.2. The van der Waals surface area contributed by atoms with E-state index in [1.54, 1.807) is 23.5 Å². The summed E-state index contributed by atoms with van der Waals surface area (Å²) < 4.78 is 0. The van der Waals surface area contributed by atoms with E-state index in [1.165, 1.54) is 4.90 Å². The zero-order chi connectivity index (χ0) is 37.5. The van der Waals surface area contributed by atoms with Crippen LogP contribution in [0.3, 0.4) is 0 Å². The molecule has 3 aliphatic heterocycles. The molecule has 5 nitrogen and oxygen atoms in total. The number of hydrogen-bond acceptors (Lipinski definition) is 6. The summed E-state index contributed by atoms with van der Waals surface area (Å²) in [6.45, 7) is 8.48. The van der Waals surface area contributed by atoms with Gasteiger partial charge in [0.2, 0.25) is 0 Å². The average Bonchev–Trinajstić information content (AvgIpc) is 3.20. The van der Waals surface area contributed by atoms with Crippen molar-refractivity contribution in [1.82, 2.24) is 0 Å². The second-order valence-electron chi connectivity index (χ2n) is 14.8. The maximum atomic E-state index is 15.2. The highest BCUT2D eigenvalue weighted by atomic mass is 32.2. The lowest BCUT2D eigenvalue weighted by Gasteiger charge is -2.38. The van der Waals surface area contributed by atoms with Crippen molar-refractivity contribution in [2.24, 2.45) is 0 Å². The fourth-order valence-electron chi connectivity index (χ4n) is 8.42. The van der Waals surface area contributed by atoms with Crippen molar-refractivity contribution in [3.63, 3.8) is 0 Å². The van der Waals surface area contributed by atoms with Gasteiger partial charge in [-0.1, -0.05) is 118 Å². The van der Waals surface area contributed by atoms with Crippen molar-refractivity contribution >= 4 is 85.9 Å². The van der Waals surface area contributed by atoms with E-state index >= 15 is 9.59 Å². The molecule has 0 aromatic heterocycles. The molecule has 7 heteroatoms. The Bertz CT molecular complexity index is 2490. The Morgan fingerprint density at radius 2 is 0.745 bits per heavy atom. The van der Waals surface area contributed by atoms with Crippen LogP contribution in [0.15, 0.2) is 159 Å². The van der Waals surface area contributed by atoms with E-state index in [9.17, 15) is 0 Å². The Hall–Kier alpha value is -5.76. The summed E-state index contributed by atoms with van der Waals surface area (Å²) in [6.07, 6.45) is 0. The molecule has 7 aromatic rings. The molecule has 0 saturated carbocycles. The Labute approximate surface area is 329 Å². The first-order chi connectivity index (χ1) is 26.8. The van der Waals surface area contributed by atoms with Crippen molar-refractivity contribution in [3.8, 4) is 0 Å². The summed E-state index contributed by atoms with van der Waals surface area (Å²) >= 11 is 3.52. The van der Waals surface area contributed by atoms with E-state index in [2.05, 4.69) is 159 Å². The van der Waals surface area contributed by atoms with Crippen LogP contribution >= 0.6 is 23.5 Å². The summed E-state index contributed by atoms with van der Waals surface area (Å²) in [4.78, 5) is 41.1. The number of nitrogens with zero attached hydrogens (tertiary/aromatic N) is 3. The number of amides is 2. The zero-order valence-corrected chi connectivity index (χ0v) is 32.5. The molecule has 10 rings (SSSR count). The molecular weight excluding hydrogens is 715 g/mol. The van der Waals surface area contributed by atoms with Gasteiger partial charge >= 0.3 is 0 Å². The minimum absolute atomic E-state index is 0.106. The second kappa shape index (κ2) is 12.9. The minimum atomic E-state index is -0.300. The smallest absolute Gasteiger partial charge is 0.266 e. The van der Waals surface area contributed by atoms with Crippen molar-refractivity contribution < 1.29 is 9.59 Å². The molecule has 55 heavy (non-hydrogen) atoms. The molecule has 0 radical (unpaired) electrons. The molecule has 268 valence electrons. The molecule has 0 aliphatic carbocycles. The predicted molar refractivity (Wildman–Crippen MR) is 227 cm³/mol. The minimum Gasteiger partial charge on any atom is -0.308 e. The number of carbonyl (C=O) groups excluding carboxylic acids is 2. The number of imide groups is 1. The third-order valence-electron chi connectivity index (χ3n) is 10.9. The number of hydrogen-bond donors (Lipinski definition) is 0. The standard InChI is InChI=1S/C48H37N3O2S2/c1-28(2)30-14-13-15-31(29(3)4)46(30)51-47(52)32-24-26-38(49-34-16-5-9-20-40(34)54-41-21-10-6-17-35(41)49)45-39(27-25-33(44(32)45)48(51)53)50-36-18-7-11-22-42(36)55-43-23-12-8-19-37(43)50/h5-29H,1-4H3. The molecule has 3 heterocycles. The zero-order valence-electron chi connectivity index (χ0n) is 30.9. The second-order valence-corrected chi connectivity index (χ2v) is 17.0. The molecule has 0 atom stereocenters. The molecule has 0 N–H and O–H groups in total. The first kappa shape index (κ1) is 33.8. The monoisotopic (exact) mass is 751 g/mol. The van der Waals surface area contributed by atoms with Crippen LogP contribution in [-0.4, -0.2) is 11.8 Å². The highest BCUT2D eigenvalue weighted by molar-refractivity contribution is 8.00. The quantitative estimate of drug-likeness (QED) is 0.163. The molecule has 0 saturated heterocycles. The number of fused-ring (bicyclic) bond motifs is 4. The van der Waals surface area contributed by atoms with Crippen molar-refractivity contribution in [1.29, 1.82) is 0 Å². The van der Waals surface area contributed by atoms with Crippen molar-refractivity contribution in [2.45, 2.75) is 59.1 Å². The van der Waals surface area contributed by atoms with Gasteiger partial charge in [-0.15, -0.1) is 0 Å². The summed E-state index contributed by atoms with van der Waals surface area (Å²) in [5.41, 5.74) is 9.73. The van der Waals surface area contributed by atoms with E-state index in [0.29, 0.717) is 22.2 Å². The SMILES string of the molecule is CC(C)c1cccc(C(C)C)c1N1C(=O)c2ccc(N3c4ccccc4Sc4ccccc43)c3c(N4c5ccccc5Sc5ccccc54)ccc(c23)C1=O. The van der Waals surface area contributed by atoms with E-state index in [-0.39, 0.29) is 23.7 Å². The van der Waals surface area contributed by atoms with Gasteiger partial charge < -0.3 is 9.80 Å². The molecule has 7 aromatic carbocycles. The lowest BCUT2D eigenvalue weighted by atomic mass is 9.87. The number of anilines is 7. The third kappa shape index (κ3) is 5.10. The number of rotatable bonds is 5. The van der Waals surface area contributed by atoms with Crippen LogP contribution in [-0.2, 0) is 0 Å². The number of para-hydroxylation sites is 5. The summed E-state index contributed by atoms with van der Waals surface area (Å²) in [7, 11) is 0. The normalized spacial score (nSPS) is 14.3. The lowest BCUT2D eigenvalue weighted by molar-refractivity contribution is 0.0893. The topological polar surface area (TPSA) is 43.9 Å². The molecular formula is C48H37N3O2S2. The Morgan fingerprint density at radius 3 is 1.11 bits per heavy atom. The van der Waals surface area contributed by atoms with Crippen molar-refractivity contribution in [3.05, 3.63) is 162 Å². The van der Waals surface area contributed by atoms with Gasteiger partial charge in [0, 0.05) is 41.5 Å². The molecule has 0 fully saturated rings. The van der Waals surface area contributed by atoms with Gasteiger partial charge in [0.15, 0.2) is 0 Å². The van der Waals surface area contributed by atoms with Crippen LogP contribution < -0.4 is 14.7 Å². The Morgan fingerprint density at radius 1 is 0.382 bits per heavy atom. The van der Waals surface area contributed by atoms with Crippen LogP contribution in [0.2, 0.25) is 0 Å². The van der Waals surface area contributed by atoms with Gasteiger partial charge in [0.25, 0.3) is 11.8 Å². The van der Waals surface area contributed by atoms with Crippen LogP contribution in [0.5, 0.6) is 0 Å². The van der Waals surface area contributed by atoms with Crippen molar-refractivity contribution in [2.75, 3.05) is 14.7 Å². The molecule has 0 spiro atoms. The largest absolute Gasteiger partial charge is 0.308 e. The summed E-state index contributed by atoms with van der Waals surface area (Å²) in [5.74, 6) is -0.387. The van der Waals surface area contributed by atoms with Crippen LogP contribution in [0.4, 0.5) is 39.8 Å². The summed E-state index contributed by atoms with van der Waals surface area (Å²) in [5, 5.41) is 1.53. The maximum Gasteiger partial charge on any atom is 0.266 e. The van der Waals surface area contributed by atoms with E-state index in [4.69, 9.17) is 0 Å². The van der Waals surface area contributed by atoms with Gasteiger partial charge in [-0.05, 0) is 95.8 Å². The first-order valence-electron chi connectivity index (χ1n) is 18.7. The number of benzene rings is 7. The van der Waals surface area contributed by atoms with Gasteiger partial charge in [-0.2, -0.15) is 0 Å². The van der Waals surface area contributed by atoms with E-state index in [0.717, 1.165) is 70.2 Å². The van der Waals surface area contributed by atoms with E-state index < -0.39 is 0 Å². The predicted octanol–water partition coefficient (Wildman–Crippen LogP) is 13.8. The average molecular weight is 752 g/mol. The fourth-order valence-corrected chi connectivity index (χ4v) is 10.5.